The normalized spacial score (nSPS) is 11.8. The van der Waals surface area contributed by atoms with E-state index in [2.05, 4.69) is 23.8 Å². The van der Waals surface area contributed by atoms with Gasteiger partial charge in [0.15, 0.2) is 0 Å². The number of likely N-dealkylation sites (N-methyl/N-ethyl adjacent to an activating group) is 1. The van der Waals surface area contributed by atoms with Crippen LogP contribution in [-0.4, -0.2) is 34.2 Å². The Hall–Kier alpha value is -1.85. The zero-order chi connectivity index (χ0) is 15.7. The Morgan fingerprint density at radius 2 is 2.09 bits per heavy atom. The molecule has 0 radical (unpaired) electrons. The summed E-state index contributed by atoms with van der Waals surface area (Å²) in [5, 5.41) is 1.43. The molecule has 0 amide bonds. The van der Waals surface area contributed by atoms with Crippen molar-refractivity contribution in [2.24, 2.45) is 0 Å². The van der Waals surface area contributed by atoms with Gasteiger partial charge < -0.3 is 9.88 Å². The maximum atomic E-state index is 12.6. The van der Waals surface area contributed by atoms with Gasteiger partial charge in [-0.25, -0.2) is 4.98 Å². The van der Waals surface area contributed by atoms with Gasteiger partial charge in [0.05, 0.1) is 37.5 Å². The highest BCUT2D eigenvalue weighted by atomic mass is 35.5. The van der Waals surface area contributed by atoms with Gasteiger partial charge in [0.2, 0.25) is 0 Å². The molecule has 5 nitrogen and oxygen atoms in total. The molecule has 0 saturated heterocycles. The van der Waals surface area contributed by atoms with Crippen molar-refractivity contribution < 1.29 is 4.90 Å². The maximum Gasteiger partial charge on any atom is 0.277 e. The second kappa shape index (κ2) is 6.10. The first-order valence-electron chi connectivity index (χ1n) is 7.64. The fraction of sp³-hybridized carbons (Fsp3) is 0.375. The average molecular weight is 320 g/mol. The predicted molar refractivity (Wildman–Crippen MR) is 89.8 cm³/mol. The van der Waals surface area contributed by atoms with Crippen LogP contribution in [0.4, 0.5) is 0 Å². The predicted octanol–water partition coefficient (Wildman–Crippen LogP) is 1.46. The van der Waals surface area contributed by atoms with Crippen molar-refractivity contribution in [1.82, 2.24) is 14.5 Å². The van der Waals surface area contributed by atoms with Crippen LogP contribution in [0.3, 0.4) is 0 Å². The highest BCUT2D eigenvalue weighted by Gasteiger charge is 2.13. The molecule has 0 unspecified atom stereocenters. The second-order valence-electron chi connectivity index (χ2n) is 5.46. The van der Waals surface area contributed by atoms with Gasteiger partial charge >= 0.3 is 0 Å². The third-order valence-corrected chi connectivity index (χ3v) is 4.57. The molecule has 3 rings (SSSR count). The summed E-state index contributed by atoms with van der Waals surface area (Å²) >= 11 is 6.24. The number of rotatable bonds is 5. The second-order valence-corrected chi connectivity index (χ2v) is 5.87. The molecule has 2 heterocycles. The van der Waals surface area contributed by atoms with Crippen LogP contribution in [0.2, 0.25) is 5.02 Å². The van der Waals surface area contributed by atoms with Crippen molar-refractivity contribution in [3.8, 4) is 0 Å². The number of fused-ring (bicyclic) bond motifs is 3. The van der Waals surface area contributed by atoms with E-state index in [4.69, 9.17) is 11.6 Å². The molecule has 2 aromatic heterocycles. The molecule has 3 aromatic rings. The summed E-state index contributed by atoms with van der Waals surface area (Å²) in [4.78, 5) is 21.7. The van der Waals surface area contributed by atoms with Crippen LogP contribution in [-0.2, 0) is 6.54 Å². The summed E-state index contributed by atoms with van der Waals surface area (Å²) < 4.78 is 1.68. The quantitative estimate of drug-likeness (QED) is 0.748. The third-order valence-electron chi connectivity index (χ3n) is 4.25. The minimum Gasteiger partial charge on any atom is -0.349 e. The Labute approximate surface area is 133 Å². The lowest BCUT2D eigenvalue weighted by Gasteiger charge is -2.15. The van der Waals surface area contributed by atoms with Gasteiger partial charge in [-0.15, -0.1) is 0 Å². The van der Waals surface area contributed by atoms with E-state index in [1.54, 1.807) is 10.9 Å². The summed E-state index contributed by atoms with van der Waals surface area (Å²) in [7, 11) is 0. The van der Waals surface area contributed by atoms with Crippen LogP contribution in [0, 0.1) is 0 Å². The lowest BCUT2D eigenvalue weighted by atomic mass is 10.2. The van der Waals surface area contributed by atoms with Crippen molar-refractivity contribution in [3.05, 3.63) is 39.9 Å². The van der Waals surface area contributed by atoms with E-state index in [0.717, 1.165) is 30.5 Å². The molecule has 0 aliphatic heterocycles. The molecule has 116 valence electrons. The van der Waals surface area contributed by atoms with Gasteiger partial charge in [-0.3, -0.25) is 9.36 Å². The molecule has 0 aliphatic carbocycles. The minimum atomic E-state index is -0.0381. The van der Waals surface area contributed by atoms with Crippen LogP contribution in [0.1, 0.15) is 13.8 Å². The SMILES string of the molecule is CC[NH+](CC)CCn1cnc2c([nH]c3cccc(Cl)c32)c1=O. The maximum absolute atomic E-state index is 12.6. The fourth-order valence-electron chi connectivity index (χ4n) is 2.84. The highest BCUT2D eigenvalue weighted by molar-refractivity contribution is 6.37. The van der Waals surface area contributed by atoms with Gasteiger partial charge in [-0.1, -0.05) is 17.7 Å². The van der Waals surface area contributed by atoms with Crippen molar-refractivity contribution in [2.75, 3.05) is 19.6 Å². The highest BCUT2D eigenvalue weighted by Crippen LogP contribution is 2.28. The number of benzene rings is 1. The number of hydrogen-bond donors (Lipinski definition) is 2. The summed E-state index contributed by atoms with van der Waals surface area (Å²) in [5.74, 6) is 0. The Morgan fingerprint density at radius 3 is 2.82 bits per heavy atom. The van der Waals surface area contributed by atoms with E-state index >= 15 is 0 Å². The van der Waals surface area contributed by atoms with Gasteiger partial charge in [0.1, 0.15) is 11.0 Å². The van der Waals surface area contributed by atoms with Crippen molar-refractivity contribution in [3.63, 3.8) is 0 Å². The zero-order valence-corrected chi connectivity index (χ0v) is 13.6. The Balaban J connectivity index is 2.05. The molecule has 0 saturated carbocycles. The number of quaternary nitrogens is 1. The molecular weight excluding hydrogens is 300 g/mol. The first kappa shape index (κ1) is 15.1. The lowest BCUT2D eigenvalue weighted by Crippen LogP contribution is -3.11. The number of aromatic nitrogens is 3. The third kappa shape index (κ3) is 2.51. The average Bonchev–Trinajstić information content (AvgIpc) is 2.91. The van der Waals surface area contributed by atoms with Crippen LogP contribution < -0.4 is 10.5 Å². The summed E-state index contributed by atoms with van der Waals surface area (Å²) in [6, 6.07) is 5.59. The smallest absolute Gasteiger partial charge is 0.277 e. The largest absolute Gasteiger partial charge is 0.349 e. The topological polar surface area (TPSA) is 55.1 Å². The zero-order valence-electron chi connectivity index (χ0n) is 12.8. The standard InChI is InChI=1S/C16H19ClN4O/c1-3-20(4-2)8-9-21-10-18-14-13-11(17)6-5-7-12(13)19-15(14)16(21)22/h5-7,10,19H,3-4,8-9H2,1-2H3/p+1. The van der Waals surface area contributed by atoms with Crippen LogP contribution in [0.25, 0.3) is 21.9 Å². The molecule has 22 heavy (non-hydrogen) atoms. The molecule has 2 N–H and O–H groups in total. The van der Waals surface area contributed by atoms with Crippen molar-refractivity contribution in [1.29, 1.82) is 0 Å². The molecule has 0 atom stereocenters. The number of aromatic amines is 1. The summed E-state index contributed by atoms with van der Waals surface area (Å²) in [6.45, 7) is 8.01. The number of hydrogen-bond acceptors (Lipinski definition) is 2. The summed E-state index contributed by atoms with van der Waals surface area (Å²) in [5.41, 5.74) is 1.99. The molecule has 0 spiro atoms. The van der Waals surface area contributed by atoms with Crippen LogP contribution in [0.15, 0.2) is 29.3 Å². The van der Waals surface area contributed by atoms with Gasteiger partial charge in [0.25, 0.3) is 5.56 Å². The monoisotopic (exact) mass is 319 g/mol. The van der Waals surface area contributed by atoms with E-state index < -0.39 is 0 Å². The Kier molecular flexibility index (Phi) is 4.18. The number of nitrogens with one attached hydrogen (secondary N) is 2. The van der Waals surface area contributed by atoms with Crippen molar-refractivity contribution >= 4 is 33.5 Å². The minimum absolute atomic E-state index is 0.0381. The fourth-order valence-corrected chi connectivity index (χ4v) is 3.10. The molecule has 0 aliphatic rings. The van der Waals surface area contributed by atoms with E-state index in [1.165, 1.54) is 4.90 Å². The molecule has 1 aromatic carbocycles. The van der Waals surface area contributed by atoms with Crippen LogP contribution in [0.5, 0.6) is 0 Å². The molecule has 0 fully saturated rings. The van der Waals surface area contributed by atoms with E-state index in [9.17, 15) is 4.79 Å². The first-order valence-corrected chi connectivity index (χ1v) is 8.02. The van der Waals surface area contributed by atoms with E-state index in [-0.39, 0.29) is 5.56 Å². The molecule has 0 bridgehead atoms. The van der Waals surface area contributed by atoms with Gasteiger partial charge in [-0.05, 0) is 26.0 Å². The number of halogens is 1. The Morgan fingerprint density at radius 1 is 1.32 bits per heavy atom. The summed E-state index contributed by atoms with van der Waals surface area (Å²) in [6.07, 6.45) is 1.63. The van der Waals surface area contributed by atoms with Gasteiger partial charge in [0, 0.05) is 10.9 Å². The first-order chi connectivity index (χ1) is 10.7. The van der Waals surface area contributed by atoms with Crippen LogP contribution >= 0.6 is 11.6 Å². The van der Waals surface area contributed by atoms with Gasteiger partial charge in [-0.2, -0.15) is 0 Å². The number of nitrogens with zero attached hydrogens (tertiary/aromatic N) is 2. The molecule has 6 heteroatoms. The van der Waals surface area contributed by atoms with Crippen molar-refractivity contribution in [2.45, 2.75) is 20.4 Å². The van der Waals surface area contributed by atoms with E-state index in [0.29, 0.717) is 22.6 Å². The lowest BCUT2D eigenvalue weighted by molar-refractivity contribution is -0.897. The Bertz CT molecular complexity index is 864. The number of H-pyrrole nitrogens is 1. The molecular formula is C16H20ClN4O+. The van der Waals surface area contributed by atoms with E-state index in [1.807, 2.05) is 18.2 Å².